The standard InChI is InChI=1S/C19H31NO2/c1-20(14-12-18(21)16-8-4-2-5-9-16)15-13-19(22)17-10-6-3-7-11-17/h12,14,16-17H,2-11,13,15H2,1H3/b14-12+. The van der Waals surface area contributed by atoms with Crippen LogP contribution in [0, 0.1) is 11.8 Å². The minimum absolute atomic E-state index is 0.238. The van der Waals surface area contributed by atoms with Crippen LogP contribution in [0.3, 0.4) is 0 Å². The molecular formula is C19H31NO2. The molecular weight excluding hydrogens is 274 g/mol. The Kier molecular flexibility index (Phi) is 7.14. The van der Waals surface area contributed by atoms with Crippen LogP contribution >= 0.6 is 0 Å². The lowest BCUT2D eigenvalue weighted by Crippen LogP contribution is -2.23. The molecule has 0 aromatic carbocycles. The summed E-state index contributed by atoms with van der Waals surface area (Å²) in [5.41, 5.74) is 0. The lowest BCUT2D eigenvalue weighted by Gasteiger charge is -2.22. The van der Waals surface area contributed by atoms with Crippen molar-refractivity contribution in [3.05, 3.63) is 12.3 Å². The fourth-order valence-electron chi connectivity index (χ4n) is 3.71. The molecule has 3 nitrogen and oxygen atoms in total. The molecule has 2 rings (SSSR count). The van der Waals surface area contributed by atoms with Crippen LogP contribution < -0.4 is 0 Å². The van der Waals surface area contributed by atoms with Gasteiger partial charge in [0.15, 0.2) is 5.78 Å². The Balaban J connectivity index is 1.67. The number of nitrogens with zero attached hydrogens (tertiary/aromatic N) is 1. The van der Waals surface area contributed by atoms with E-state index in [-0.39, 0.29) is 11.7 Å². The van der Waals surface area contributed by atoms with E-state index < -0.39 is 0 Å². The molecule has 3 heteroatoms. The number of carbonyl (C=O) groups excluding carboxylic acids is 2. The Hall–Kier alpha value is -1.12. The number of rotatable bonds is 7. The van der Waals surface area contributed by atoms with Gasteiger partial charge in [-0.3, -0.25) is 9.59 Å². The minimum atomic E-state index is 0.238. The van der Waals surface area contributed by atoms with Crippen molar-refractivity contribution >= 4 is 11.6 Å². The lowest BCUT2D eigenvalue weighted by atomic mass is 9.85. The molecule has 0 spiro atoms. The summed E-state index contributed by atoms with van der Waals surface area (Å²) < 4.78 is 0. The molecule has 0 unspecified atom stereocenters. The summed E-state index contributed by atoms with van der Waals surface area (Å²) >= 11 is 0. The van der Waals surface area contributed by atoms with Crippen LogP contribution in [0.5, 0.6) is 0 Å². The molecule has 2 aliphatic carbocycles. The third-order valence-electron chi connectivity index (χ3n) is 5.27. The molecule has 22 heavy (non-hydrogen) atoms. The van der Waals surface area contributed by atoms with Crippen LogP contribution in [-0.4, -0.2) is 30.1 Å². The van der Waals surface area contributed by atoms with E-state index in [2.05, 4.69) is 0 Å². The fourth-order valence-corrected chi connectivity index (χ4v) is 3.71. The number of allylic oxidation sites excluding steroid dienone is 1. The van der Waals surface area contributed by atoms with Gasteiger partial charge in [-0.05, 0) is 31.8 Å². The van der Waals surface area contributed by atoms with Gasteiger partial charge in [0.1, 0.15) is 5.78 Å². The van der Waals surface area contributed by atoms with E-state index in [1.807, 2.05) is 18.1 Å². The molecule has 0 amide bonds. The topological polar surface area (TPSA) is 37.4 Å². The van der Waals surface area contributed by atoms with Crippen LogP contribution in [0.2, 0.25) is 0 Å². The monoisotopic (exact) mass is 305 g/mol. The molecule has 0 radical (unpaired) electrons. The Labute approximate surface area is 135 Å². The first kappa shape index (κ1) is 17.2. The number of hydrogen-bond donors (Lipinski definition) is 0. The molecule has 0 aromatic heterocycles. The molecule has 0 aliphatic heterocycles. The predicted octanol–water partition coefficient (Wildman–Crippen LogP) is 4.12. The zero-order valence-electron chi connectivity index (χ0n) is 14.1. The highest BCUT2D eigenvalue weighted by molar-refractivity contribution is 5.91. The normalized spacial score (nSPS) is 21.1. The minimum Gasteiger partial charge on any atom is -0.380 e. The third kappa shape index (κ3) is 5.58. The van der Waals surface area contributed by atoms with Crippen molar-refractivity contribution in [2.45, 2.75) is 70.6 Å². The Morgan fingerprint density at radius 1 is 0.909 bits per heavy atom. The highest BCUT2D eigenvalue weighted by atomic mass is 16.1. The smallest absolute Gasteiger partial charge is 0.160 e. The van der Waals surface area contributed by atoms with Crippen LogP contribution in [0.25, 0.3) is 0 Å². The van der Waals surface area contributed by atoms with Crippen LogP contribution in [0.15, 0.2) is 12.3 Å². The van der Waals surface area contributed by atoms with Crippen LogP contribution in [-0.2, 0) is 9.59 Å². The average molecular weight is 305 g/mol. The van der Waals surface area contributed by atoms with Crippen molar-refractivity contribution in [3.8, 4) is 0 Å². The molecule has 0 saturated heterocycles. The summed E-state index contributed by atoms with van der Waals surface area (Å²) in [4.78, 5) is 26.3. The molecule has 0 aromatic rings. The van der Waals surface area contributed by atoms with Gasteiger partial charge in [0, 0.05) is 38.0 Å². The molecule has 0 heterocycles. The third-order valence-corrected chi connectivity index (χ3v) is 5.27. The number of carbonyl (C=O) groups is 2. The van der Waals surface area contributed by atoms with Gasteiger partial charge < -0.3 is 4.90 Å². The molecule has 0 atom stereocenters. The average Bonchev–Trinajstić information content (AvgIpc) is 2.59. The molecule has 2 aliphatic rings. The van der Waals surface area contributed by atoms with Crippen molar-refractivity contribution in [1.82, 2.24) is 4.90 Å². The van der Waals surface area contributed by atoms with Gasteiger partial charge in [-0.25, -0.2) is 0 Å². The van der Waals surface area contributed by atoms with Crippen LogP contribution in [0.4, 0.5) is 0 Å². The van der Waals surface area contributed by atoms with Gasteiger partial charge in [0.25, 0.3) is 0 Å². The summed E-state index contributed by atoms with van der Waals surface area (Å²) in [7, 11) is 1.96. The molecule has 0 bridgehead atoms. The maximum absolute atomic E-state index is 12.2. The summed E-state index contributed by atoms with van der Waals surface area (Å²) in [6.45, 7) is 0.726. The van der Waals surface area contributed by atoms with Gasteiger partial charge in [0.2, 0.25) is 0 Å². The number of Topliss-reactive ketones (excluding diaryl/α,β-unsaturated/α-hetero) is 1. The van der Waals surface area contributed by atoms with Gasteiger partial charge in [-0.1, -0.05) is 38.5 Å². The number of hydrogen-bond acceptors (Lipinski definition) is 3. The first-order chi connectivity index (χ1) is 10.7. The quantitative estimate of drug-likeness (QED) is 0.664. The summed E-state index contributed by atoms with van der Waals surface area (Å²) in [5, 5.41) is 0. The second kappa shape index (κ2) is 9.12. The molecule has 0 N–H and O–H groups in total. The highest BCUT2D eigenvalue weighted by Gasteiger charge is 2.21. The molecule has 2 fully saturated rings. The fraction of sp³-hybridized carbons (Fsp3) is 0.789. The predicted molar refractivity (Wildman–Crippen MR) is 89.6 cm³/mol. The van der Waals surface area contributed by atoms with Crippen molar-refractivity contribution < 1.29 is 9.59 Å². The van der Waals surface area contributed by atoms with E-state index in [1.54, 1.807) is 6.08 Å². The zero-order valence-corrected chi connectivity index (χ0v) is 14.1. The summed E-state index contributed by atoms with van der Waals surface area (Å²) in [6, 6.07) is 0. The van der Waals surface area contributed by atoms with E-state index in [0.717, 1.165) is 32.2 Å². The van der Waals surface area contributed by atoms with Crippen molar-refractivity contribution in [1.29, 1.82) is 0 Å². The van der Waals surface area contributed by atoms with E-state index in [1.165, 1.54) is 38.5 Å². The molecule has 124 valence electrons. The zero-order chi connectivity index (χ0) is 15.8. The maximum atomic E-state index is 12.2. The second-order valence-electron chi connectivity index (χ2n) is 7.08. The second-order valence-corrected chi connectivity index (χ2v) is 7.08. The Morgan fingerprint density at radius 2 is 1.45 bits per heavy atom. The SMILES string of the molecule is CN(/C=C/C(=O)C1CCCCC1)CCC(=O)C1CCCCC1. The summed E-state index contributed by atoms with van der Waals surface area (Å²) in [5.74, 6) is 1.22. The molecule has 2 saturated carbocycles. The first-order valence-corrected chi connectivity index (χ1v) is 9.12. The summed E-state index contributed by atoms with van der Waals surface area (Å²) in [6.07, 6.45) is 15.8. The highest BCUT2D eigenvalue weighted by Crippen LogP contribution is 2.26. The number of ketones is 2. The van der Waals surface area contributed by atoms with E-state index >= 15 is 0 Å². The van der Waals surface area contributed by atoms with Gasteiger partial charge >= 0.3 is 0 Å². The lowest BCUT2D eigenvalue weighted by molar-refractivity contribution is -0.124. The van der Waals surface area contributed by atoms with Crippen molar-refractivity contribution in [3.63, 3.8) is 0 Å². The Morgan fingerprint density at radius 3 is 2.05 bits per heavy atom. The van der Waals surface area contributed by atoms with E-state index in [9.17, 15) is 9.59 Å². The largest absolute Gasteiger partial charge is 0.380 e. The maximum Gasteiger partial charge on any atom is 0.160 e. The first-order valence-electron chi connectivity index (χ1n) is 9.12. The van der Waals surface area contributed by atoms with Crippen molar-refractivity contribution in [2.75, 3.05) is 13.6 Å². The van der Waals surface area contributed by atoms with Gasteiger partial charge in [0.05, 0.1) is 0 Å². The van der Waals surface area contributed by atoms with E-state index in [0.29, 0.717) is 18.1 Å². The Bertz CT molecular complexity index is 390. The van der Waals surface area contributed by atoms with Gasteiger partial charge in [-0.2, -0.15) is 0 Å². The van der Waals surface area contributed by atoms with E-state index in [4.69, 9.17) is 0 Å². The van der Waals surface area contributed by atoms with Crippen LogP contribution in [0.1, 0.15) is 70.6 Å². The van der Waals surface area contributed by atoms with Gasteiger partial charge in [-0.15, -0.1) is 0 Å². The van der Waals surface area contributed by atoms with Crippen molar-refractivity contribution in [2.24, 2.45) is 11.8 Å².